The first-order chi connectivity index (χ1) is 12.8. The Morgan fingerprint density at radius 2 is 2.11 bits per heavy atom. The second-order valence-electron chi connectivity index (χ2n) is 8.96. The standard InChI is InChI=1S/C19H26BrFNO3S2Si/c1-18(14-10-13(20)6-7-15(14)21)16-11-19(16,27(2,23)24)26-17(22-18)12-25-8-9-28(3,4)5/h6-7,10,12,16H,8-9,11H2,1-5H3/t16-,18+,19+/m0/s1. The van der Waals surface area contributed by atoms with Gasteiger partial charge in [0.1, 0.15) is 21.5 Å². The van der Waals surface area contributed by atoms with Crippen LogP contribution in [0.25, 0.3) is 0 Å². The molecule has 1 radical (unpaired) electrons. The summed E-state index contributed by atoms with van der Waals surface area (Å²) in [6.45, 7) is 10.8. The number of hydrogen-bond donors (Lipinski definition) is 0. The number of halogens is 2. The number of nitrogens with zero attached hydrogens (tertiary/aromatic N) is 1. The number of rotatable bonds is 7. The van der Waals surface area contributed by atoms with Crippen LogP contribution >= 0.6 is 27.7 Å². The number of hydrogen-bond acceptors (Lipinski definition) is 5. The fraction of sp³-hybridized carbons (Fsp3) is 0.579. The third-order valence-corrected chi connectivity index (χ3v) is 11.7. The quantitative estimate of drug-likeness (QED) is 0.375. The maximum atomic E-state index is 14.7. The Hall–Kier alpha value is -0.223. The second-order valence-corrected chi connectivity index (χ2v) is 19.4. The topological polar surface area (TPSA) is 55.7 Å². The molecule has 28 heavy (non-hydrogen) atoms. The van der Waals surface area contributed by atoms with E-state index in [1.54, 1.807) is 18.7 Å². The van der Waals surface area contributed by atoms with Crippen molar-refractivity contribution >= 4 is 50.6 Å². The van der Waals surface area contributed by atoms with Gasteiger partial charge in [-0.2, -0.15) is 0 Å². The Bertz CT molecular complexity index is 918. The van der Waals surface area contributed by atoms with E-state index in [0.717, 1.165) is 10.5 Å². The van der Waals surface area contributed by atoms with Crippen LogP contribution in [0.15, 0.2) is 27.7 Å². The van der Waals surface area contributed by atoms with Gasteiger partial charge in [-0.3, -0.25) is 4.99 Å². The molecule has 0 spiro atoms. The highest BCUT2D eigenvalue weighted by Crippen LogP contribution is 2.68. The van der Waals surface area contributed by atoms with Gasteiger partial charge >= 0.3 is 0 Å². The molecule has 0 amide bonds. The largest absolute Gasteiger partial charge is 0.368 e. The van der Waals surface area contributed by atoms with Crippen molar-refractivity contribution in [2.75, 3.05) is 12.9 Å². The van der Waals surface area contributed by atoms with Crippen LogP contribution < -0.4 is 0 Å². The molecule has 0 N–H and O–H groups in total. The summed E-state index contributed by atoms with van der Waals surface area (Å²) < 4.78 is 45.4. The van der Waals surface area contributed by atoms with Gasteiger partial charge in [0, 0.05) is 36.9 Å². The highest BCUT2D eigenvalue weighted by atomic mass is 79.9. The van der Waals surface area contributed by atoms with Gasteiger partial charge in [-0.05, 0) is 37.6 Å². The summed E-state index contributed by atoms with van der Waals surface area (Å²) >= 11 is 4.63. The van der Waals surface area contributed by atoms with Gasteiger partial charge in [-0.15, -0.1) is 0 Å². The number of thioether (sulfide) groups is 1. The molecular weight excluding hydrogens is 481 g/mol. The van der Waals surface area contributed by atoms with E-state index in [4.69, 9.17) is 9.73 Å². The Morgan fingerprint density at radius 3 is 2.71 bits per heavy atom. The van der Waals surface area contributed by atoms with E-state index in [-0.39, 0.29) is 11.7 Å². The first-order valence-electron chi connectivity index (χ1n) is 9.17. The molecule has 155 valence electrons. The predicted molar refractivity (Wildman–Crippen MR) is 121 cm³/mol. The van der Waals surface area contributed by atoms with E-state index in [0.29, 0.717) is 23.6 Å². The van der Waals surface area contributed by atoms with Crippen molar-refractivity contribution in [1.82, 2.24) is 0 Å². The van der Waals surface area contributed by atoms with Gasteiger partial charge in [0.2, 0.25) is 0 Å². The Labute approximate surface area is 180 Å². The Balaban J connectivity index is 1.93. The van der Waals surface area contributed by atoms with E-state index in [1.807, 2.05) is 6.92 Å². The maximum absolute atomic E-state index is 14.7. The normalized spacial score (nSPS) is 30.0. The van der Waals surface area contributed by atoms with Crippen LogP contribution in [0.1, 0.15) is 18.9 Å². The van der Waals surface area contributed by atoms with Crippen molar-refractivity contribution in [3.8, 4) is 0 Å². The molecule has 9 heteroatoms. The molecule has 2 aliphatic rings. The Morgan fingerprint density at radius 1 is 1.43 bits per heavy atom. The van der Waals surface area contributed by atoms with Crippen LogP contribution in [0.2, 0.25) is 25.7 Å². The van der Waals surface area contributed by atoms with Gasteiger partial charge in [0.05, 0.1) is 5.54 Å². The van der Waals surface area contributed by atoms with Crippen molar-refractivity contribution < 1.29 is 17.5 Å². The van der Waals surface area contributed by atoms with Crippen molar-refractivity contribution in [1.29, 1.82) is 0 Å². The zero-order valence-corrected chi connectivity index (χ0v) is 21.0. The molecule has 0 unspecified atom stereocenters. The zero-order chi connectivity index (χ0) is 21.0. The summed E-state index contributed by atoms with van der Waals surface area (Å²) in [5.41, 5.74) is -0.554. The van der Waals surface area contributed by atoms with Crippen LogP contribution in [0.3, 0.4) is 0 Å². The van der Waals surface area contributed by atoms with Crippen LogP contribution in [-0.2, 0) is 20.1 Å². The average Bonchev–Trinajstić information content (AvgIpc) is 3.30. The third kappa shape index (κ3) is 4.28. The lowest BCUT2D eigenvalue weighted by Gasteiger charge is -2.34. The molecule has 4 nitrogen and oxygen atoms in total. The van der Waals surface area contributed by atoms with E-state index < -0.39 is 27.5 Å². The molecule has 3 rings (SSSR count). The van der Waals surface area contributed by atoms with E-state index in [2.05, 4.69) is 35.6 Å². The van der Waals surface area contributed by atoms with Crippen molar-refractivity contribution in [2.24, 2.45) is 10.9 Å². The second kappa shape index (κ2) is 7.48. The van der Waals surface area contributed by atoms with Crippen molar-refractivity contribution in [2.45, 2.75) is 48.6 Å². The van der Waals surface area contributed by atoms with Crippen molar-refractivity contribution in [3.05, 3.63) is 40.7 Å². The van der Waals surface area contributed by atoms with E-state index in [9.17, 15) is 12.8 Å². The molecule has 0 bridgehead atoms. The lowest BCUT2D eigenvalue weighted by molar-refractivity contribution is 0.239. The number of ether oxygens (including phenoxy) is 1. The fourth-order valence-corrected chi connectivity index (χ4v) is 8.13. The number of sulfone groups is 1. The fourth-order valence-electron chi connectivity index (χ4n) is 3.64. The van der Waals surface area contributed by atoms with Gasteiger partial charge < -0.3 is 4.74 Å². The molecule has 3 atom stereocenters. The minimum Gasteiger partial charge on any atom is -0.368 e. The minimum atomic E-state index is -3.36. The minimum absolute atomic E-state index is 0.275. The summed E-state index contributed by atoms with van der Waals surface area (Å²) in [7, 11) is -4.59. The molecule has 1 saturated carbocycles. The molecule has 0 aromatic heterocycles. The molecule has 1 aliphatic carbocycles. The van der Waals surface area contributed by atoms with Crippen LogP contribution in [0.4, 0.5) is 4.39 Å². The summed E-state index contributed by atoms with van der Waals surface area (Å²) in [6.07, 6.45) is 1.71. The Kier molecular flexibility index (Phi) is 6.00. The number of fused-ring (bicyclic) bond motifs is 1. The molecule has 1 aliphatic heterocycles. The molecule has 1 fully saturated rings. The first kappa shape index (κ1) is 22.5. The number of benzene rings is 1. The van der Waals surface area contributed by atoms with Crippen molar-refractivity contribution in [3.63, 3.8) is 0 Å². The van der Waals surface area contributed by atoms with Gasteiger partial charge in [0.15, 0.2) is 9.84 Å². The molecule has 1 aromatic rings. The highest BCUT2D eigenvalue weighted by Gasteiger charge is 2.72. The molecule has 0 saturated heterocycles. The van der Waals surface area contributed by atoms with Gasteiger partial charge in [-0.1, -0.05) is 47.3 Å². The smallest absolute Gasteiger partial charge is 0.163 e. The third-order valence-electron chi connectivity index (χ3n) is 5.41. The highest BCUT2D eigenvalue weighted by molar-refractivity contribution is 9.10. The van der Waals surface area contributed by atoms with E-state index in [1.165, 1.54) is 24.1 Å². The summed E-state index contributed by atoms with van der Waals surface area (Å²) in [5, 5.41) is 0.511. The van der Waals surface area contributed by atoms with Crippen LogP contribution in [-0.4, -0.2) is 38.5 Å². The monoisotopic (exact) mass is 506 g/mol. The molecule has 1 heterocycles. The van der Waals surface area contributed by atoms with Gasteiger partial charge in [-0.25, -0.2) is 12.8 Å². The SMILES string of the molecule is C[C@]1(c2cc(Br)ccc2F)N=C([CH]OCC[Si](C)(C)C)S[C@@]2(S(C)(=O)=O)C[C@H]21. The van der Waals surface area contributed by atoms with Gasteiger partial charge in [0.25, 0.3) is 0 Å². The summed E-state index contributed by atoms with van der Waals surface area (Å²) in [6, 6.07) is 5.72. The molecule has 1 aromatic carbocycles. The molecular formula is C19H26BrFNO3S2Si. The summed E-state index contributed by atoms with van der Waals surface area (Å²) in [4.78, 5) is 4.79. The van der Waals surface area contributed by atoms with E-state index >= 15 is 0 Å². The lowest BCUT2D eigenvalue weighted by atomic mass is 9.87. The summed E-state index contributed by atoms with van der Waals surface area (Å²) in [5.74, 6) is -0.655. The number of aliphatic imine (C=N–C) groups is 1. The first-order valence-corrected chi connectivity index (χ1v) is 16.4. The predicted octanol–water partition coefficient (Wildman–Crippen LogP) is 5.23. The van der Waals surface area contributed by atoms with Crippen LogP contribution in [0, 0.1) is 18.3 Å². The maximum Gasteiger partial charge on any atom is 0.163 e. The van der Waals surface area contributed by atoms with Crippen LogP contribution in [0.5, 0.6) is 0 Å². The lowest BCUT2D eigenvalue weighted by Crippen LogP contribution is -2.37. The zero-order valence-electron chi connectivity index (χ0n) is 16.8. The average molecular weight is 508 g/mol.